The Morgan fingerprint density at radius 1 is 1.22 bits per heavy atom. The van der Waals surface area contributed by atoms with Gasteiger partial charge in [-0.1, -0.05) is 0 Å². The van der Waals surface area contributed by atoms with E-state index in [-0.39, 0.29) is 24.1 Å². The third-order valence-corrected chi connectivity index (χ3v) is 4.23. The van der Waals surface area contributed by atoms with Gasteiger partial charge in [0.05, 0.1) is 13.1 Å². The molecule has 1 aliphatic rings. The summed E-state index contributed by atoms with van der Waals surface area (Å²) in [5.41, 5.74) is 0.231. The summed E-state index contributed by atoms with van der Waals surface area (Å²) in [5.74, 6) is -0.232. The lowest BCUT2D eigenvalue weighted by Crippen LogP contribution is -2.54. The van der Waals surface area contributed by atoms with Gasteiger partial charge in [0.15, 0.2) is 5.96 Å². The van der Waals surface area contributed by atoms with E-state index in [1.165, 1.54) is 6.07 Å². The van der Waals surface area contributed by atoms with Gasteiger partial charge in [0.2, 0.25) is 5.91 Å². The molecule has 1 aromatic rings. The maximum atomic E-state index is 13.8. The highest BCUT2D eigenvalue weighted by Crippen LogP contribution is 2.11. The number of hydrogen-bond donors (Lipinski definition) is 2. The minimum atomic E-state index is -0.472. The summed E-state index contributed by atoms with van der Waals surface area (Å²) in [6.45, 7) is 9.89. The summed E-state index contributed by atoms with van der Waals surface area (Å²) in [6, 6.07) is 3.53. The normalized spacial score (nSPS) is 15.9. The Labute approximate surface area is 159 Å². The Bertz CT molecular complexity index is 658. The van der Waals surface area contributed by atoms with Crippen molar-refractivity contribution >= 4 is 11.9 Å². The molecule has 1 amide bonds. The van der Waals surface area contributed by atoms with Gasteiger partial charge in [-0.25, -0.2) is 13.8 Å². The Hall–Kier alpha value is -2.22. The Morgan fingerprint density at radius 2 is 1.93 bits per heavy atom. The van der Waals surface area contributed by atoms with Crippen molar-refractivity contribution in [2.45, 2.75) is 33.4 Å². The maximum Gasteiger partial charge on any atom is 0.234 e. The Balaban J connectivity index is 1.93. The molecule has 0 spiro atoms. The van der Waals surface area contributed by atoms with Crippen molar-refractivity contribution in [1.29, 1.82) is 0 Å². The van der Waals surface area contributed by atoms with E-state index < -0.39 is 11.6 Å². The smallest absolute Gasteiger partial charge is 0.234 e. The number of amides is 1. The average Bonchev–Trinajstić information content (AvgIpc) is 2.61. The molecule has 0 atom stereocenters. The van der Waals surface area contributed by atoms with Crippen molar-refractivity contribution in [3.8, 4) is 0 Å². The summed E-state index contributed by atoms with van der Waals surface area (Å²) < 4.78 is 27.1. The number of benzene rings is 1. The molecule has 1 aromatic carbocycles. The molecule has 1 aliphatic heterocycles. The molecular weight excluding hydrogens is 352 g/mol. The third kappa shape index (κ3) is 6.78. The first-order valence-electron chi connectivity index (χ1n) is 9.38. The fraction of sp³-hybridized carbons (Fsp3) is 0.579. The van der Waals surface area contributed by atoms with Crippen LogP contribution in [-0.4, -0.2) is 67.0 Å². The maximum absolute atomic E-state index is 13.8. The van der Waals surface area contributed by atoms with Gasteiger partial charge < -0.3 is 15.5 Å². The molecule has 1 heterocycles. The number of nitrogens with one attached hydrogen (secondary N) is 2. The van der Waals surface area contributed by atoms with E-state index in [4.69, 9.17) is 0 Å². The van der Waals surface area contributed by atoms with Gasteiger partial charge in [-0.2, -0.15) is 0 Å². The summed E-state index contributed by atoms with van der Waals surface area (Å²) in [4.78, 5) is 20.5. The first-order chi connectivity index (χ1) is 12.9. The molecule has 1 saturated heterocycles. The lowest BCUT2D eigenvalue weighted by molar-refractivity contribution is -0.123. The second-order valence-corrected chi connectivity index (χ2v) is 6.89. The van der Waals surface area contributed by atoms with Gasteiger partial charge >= 0.3 is 0 Å². The van der Waals surface area contributed by atoms with E-state index in [0.29, 0.717) is 32.1 Å². The number of carbonyl (C=O) groups is 1. The van der Waals surface area contributed by atoms with Gasteiger partial charge in [0, 0.05) is 44.3 Å². The van der Waals surface area contributed by atoms with Crippen LogP contribution in [0.5, 0.6) is 0 Å². The number of nitrogens with zero attached hydrogens (tertiary/aromatic N) is 3. The van der Waals surface area contributed by atoms with Gasteiger partial charge in [-0.05, 0) is 39.0 Å². The topological polar surface area (TPSA) is 60.0 Å². The summed E-state index contributed by atoms with van der Waals surface area (Å²) >= 11 is 0. The Kier molecular flexibility index (Phi) is 7.97. The lowest BCUT2D eigenvalue weighted by Gasteiger charge is -2.36. The fourth-order valence-corrected chi connectivity index (χ4v) is 2.94. The molecule has 150 valence electrons. The SMILES string of the molecule is CCNC(=NCc1cc(F)ccc1F)N1CCN(CC(=O)NC(C)C)CC1. The van der Waals surface area contributed by atoms with Crippen LogP contribution < -0.4 is 10.6 Å². The van der Waals surface area contributed by atoms with Crippen LogP contribution in [0.4, 0.5) is 8.78 Å². The van der Waals surface area contributed by atoms with Crippen LogP contribution in [0, 0.1) is 11.6 Å². The van der Waals surface area contributed by atoms with Crippen molar-refractivity contribution in [2.24, 2.45) is 4.99 Å². The standard InChI is InChI=1S/C19H29F2N5O/c1-4-22-19(23-12-15-11-16(20)5-6-17(15)21)26-9-7-25(8-10-26)13-18(27)24-14(2)3/h5-6,11,14H,4,7-10,12-13H2,1-3H3,(H,22,23)(H,24,27). The van der Waals surface area contributed by atoms with Crippen LogP contribution in [0.2, 0.25) is 0 Å². The molecule has 2 N–H and O–H groups in total. The first kappa shape index (κ1) is 21.1. The molecule has 0 aromatic heterocycles. The van der Waals surface area contributed by atoms with E-state index in [9.17, 15) is 13.6 Å². The molecule has 0 saturated carbocycles. The molecule has 6 nitrogen and oxygen atoms in total. The summed E-state index contributed by atoms with van der Waals surface area (Å²) in [5, 5.41) is 6.10. The quantitative estimate of drug-likeness (QED) is 0.580. The van der Waals surface area contributed by atoms with Crippen LogP contribution in [0.1, 0.15) is 26.3 Å². The fourth-order valence-electron chi connectivity index (χ4n) is 2.94. The molecule has 1 fully saturated rings. The molecule has 0 unspecified atom stereocenters. The zero-order chi connectivity index (χ0) is 19.8. The Morgan fingerprint density at radius 3 is 2.56 bits per heavy atom. The zero-order valence-electron chi connectivity index (χ0n) is 16.3. The molecule has 2 rings (SSSR count). The first-order valence-corrected chi connectivity index (χ1v) is 9.38. The third-order valence-electron chi connectivity index (χ3n) is 4.23. The minimum absolute atomic E-state index is 0.0283. The van der Waals surface area contributed by atoms with Crippen LogP contribution >= 0.6 is 0 Å². The van der Waals surface area contributed by atoms with Crippen LogP contribution in [0.3, 0.4) is 0 Å². The largest absolute Gasteiger partial charge is 0.357 e. The highest BCUT2D eigenvalue weighted by molar-refractivity contribution is 5.80. The van der Waals surface area contributed by atoms with Gasteiger partial charge in [-0.15, -0.1) is 0 Å². The van der Waals surface area contributed by atoms with Crippen LogP contribution in [0.25, 0.3) is 0 Å². The highest BCUT2D eigenvalue weighted by atomic mass is 19.1. The van der Waals surface area contributed by atoms with E-state index in [0.717, 1.165) is 25.2 Å². The lowest BCUT2D eigenvalue weighted by atomic mass is 10.2. The number of hydrogen-bond acceptors (Lipinski definition) is 3. The summed E-state index contributed by atoms with van der Waals surface area (Å²) in [7, 11) is 0. The second-order valence-electron chi connectivity index (χ2n) is 6.89. The predicted molar refractivity (Wildman–Crippen MR) is 102 cm³/mol. The van der Waals surface area contributed by atoms with Gasteiger partial charge in [0.25, 0.3) is 0 Å². The van der Waals surface area contributed by atoms with Crippen molar-refractivity contribution in [3.63, 3.8) is 0 Å². The van der Waals surface area contributed by atoms with Crippen molar-refractivity contribution < 1.29 is 13.6 Å². The van der Waals surface area contributed by atoms with Gasteiger partial charge in [-0.3, -0.25) is 9.69 Å². The number of piperazine rings is 1. The number of halogens is 2. The van der Waals surface area contributed by atoms with Crippen molar-refractivity contribution in [3.05, 3.63) is 35.4 Å². The zero-order valence-corrected chi connectivity index (χ0v) is 16.3. The predicted octanol–water partition coefficient (Wildman–Crippen LogP) is 1.57. The number of rotatable bonds is 6. The molecule has 0 radical (unpaired) electrons. The molecule has 0 aliphatic carbocycles. The number of carbonyl (C=O) groups excluding carboxylic acids is 1. The number of guanidine groups is 1. The molecule has 27 heavy (non-hydrogen) atoms. The number of aliphatic imine (C=N–C) groups is 1. The second kappa shape index (κ2) is 10.2. The highest BCUT2D eigenvalue weighted by Gasteiger charge is 2.21. The van der Waals surface area contributed by atoms with E-state index in [2.05, 4.69) is 25.4 Å². The molecule has 8 heteroatoms. The minimum Gasteiger partial charge on any atom is -0.357 e. The van der Waals surface area contributed by atoms with Crippen LogP contribution in [-0.2, 0) is 11.3 Å². The molecule has 0 bridgehead atoms. The average molecular weight is 381 g/mol. The summed E-state index contributed by atoms with van der Waals surface area (Å²) in [6.07, 6.45) is 0. The monoisotopic (exact) mass is 381 g/mol. The van der Waals surface area contributed by atoms with E-state index in [1.807, 2.05) is 20.8 Å². The van der Waals surface area contributed by atoms with Gasteiger partial charge in [0.1, 0.15) is 11.6 Å². The van der Waals surface area contributed by atoms with Crippen LogP contribution in [0.15, 0.2) is 23.2 Å². The molecular formula is C19H29F2N5O. The van der Waals surface area contributed by atoms with E-state index >= 15 is 0 Å². The van der Waals surface area contributed by atoms with Crippen molar-refractivity contribution in [1.82, 2.24) is 20.4 Å². The van der Waals surface area contributed by atoms with Crippen molar-refractivity contribution in [2.75, 3.05) is 39.3 Å². The van der Waals surface area contributed by atoms with E-state index in [1.54, 1.807) is 0 Å².